The molecule has 0 aliphatic heterocycles. The van der Waals surface area contributed by atoms with Crippen LogP contribution in [0.15, 0.2) is 22.0 Å². The van der Waals surface area contributed by atoms with E-state index in [1.807, 2.05) is 0 Å². The lowest BCUT2D eigenvalue weighted by molar-refractivity contribution is -0.123. The number of hydrogen-bond acceptors (Lipinski definition) is 5. The van der Waals surface area contributed by atoms with Crippen molar-refractivity contribution in [1.82, 2.24) is 9.87 Å². The van der Waals surface area contributed by atoms with Crippen LogP contribution in [0.1, 0.15) is 0 Å². The molecule has 0 aromatic carbocycles. The molecule has 8 nitrogen and oxygen atoms in total. The molecular formula is C7H8ClN3O5S. The number of rotatable bonds is 5. The Morgan fingerprint density at radius 1 is 1.59 bits per heavy atom. The predicted molar refractivity (Wildman–Crippen MR) is 57.5 cm³/mol. The van der Waals surface area contributed by atoms with Crippen LogP contribution in [0.4, 0.5) is 0 Å². The van der Waals surface area contributed by atoms with Gasteiger partial charge in [0.15, 0.2) is 0 Å². The molecule has 0 bridgehead atoms. The maximum atomic E-state index is 11.5. The monoisotopic (exact) mass is 281 g/mol. The zero-order chi connectivity index (χ0) is 13.1. The first-order valence-corrected chi connectivity index (χ1v) is 5.99. The summed E-state index contributed by atoms with van der Waals surface area (Å²) in [4.78, 5) is 29.0. The number of halogens is 1. The lowest BCUT2D eigenvalue weighted by Gasteiger charge is -2.05. The maximum absolute atomic E-state index is 11.5. The average molecular weight is 282 g/mol. The van der Waals surface area contributed by atoms with Gasteiger partial charge in [-0.1, -0.05) is 16.5 Å². The standard InChI is InChI=1S/C7H8ClN3O5S/c8-5-1-4(2-10-7(5)13)17(14,15)11-16-3-6(9)12/h1-2,11H,3H2,(H2,9,12)(H,10,13). The van der Waals surface area contributed by atoms with E-state index < -0.39 is 28.1 Å². The van der Waals surface area contributed by atoms with E-state index in [4.69, 9.17) is 17.3 Å². The van der Waals surface area contributed by atoms with Crippen molar-refractivity contribution >= 4 is 27.5 Å². The minimum atomic E-state index is -4.03. The Morgan fingerprint density at radius 2 is 2.24 bits per heavy atom. The Hall–Kier alpha value is -1.42. The summed E-state index contributed by atoms with van der Waals surface area (Å²) in [6.45, 7) is -0.615. The second kappa shape index (κ2) is 5.27. The van der Waals surface area contributed by atoms with Crippen molar-refractivity contribution in [3.63, 3.8) is 0 Å². The van der Waals surface area contributed by atoms with Crippen molar-refractivity contribution in [2.24, 2.45) is 5.73 Å². The molecule has 0 aliphatic carbocycles. The van der Waals surface area contributed by atoms with Crippen LogP contribution in [-0.4, -0.2) is 25.9 Å². The Bertz CT molecular complexity index is 581. The lowest BCUT2D eigenvalue weighted by Crippen LogP contribution is -2.29. The Balaban J connectivity index is 2.86. The summed E-state index contributed by atoms with van der Waals surface area (Å²) in [7, 11) is -4.03. The molecule has 0 saturated heterocycles. The zero-order valence-electron chi connectivity index (χ0n) is 8.27. The van der Waals surface area contributed by atoms with E-state index in [0.29, 0.717) is 0 Å². The molecule has 1 rings (SSSR count). The van der Waals surface area contributed by atoms with Crippen LogP contribution >= 0.6 is 11.6 Å². The molecule has 0 fully saturated rings. The molecule has 0 aliphatic rings. The number of carbonyl (C=O) groups is 1. The van der Waals surface area contributed by atoms with Gasteiger partial charge in [-0.2, -0.15) is 0 Å². The first-order valence-electron chi connectivity index (χ1n) is 4.13. The molecule has 0 unspecified atom stereocenters. The van der Waals surface area contributed by atoms with Gasteiger partial charge >= 0.3 is 0 Å². The molecule has 17 heavy (non-hydrogen) atoms. The highest BCUT2D eigenvalue weighted by Gasteiger charge is 2.16. The molecular weight excluding hydrogens is 274 g/mol. The van der Waals surface area contributed by atoms with E-state index in [2.05, 4.69) is 9.82 Å². The van der Waals surface area contributed by atoms with Gasteiger partial charge in [-0.3, -0.25) is 14.4 Å². The second-order valence-corrected chi connectivity index (χ2v) is 4.91. The highest BCUT2D eigenvalue weighted by atomic mass is 35.5. The third-order valence-electron chi connectivity index (χ3n) is 1.52. The number of amides is 1. The van der Waals surface area contributed by atoms with E-state index in [-0.39, 0.29) is 9.92 Å². The molecule has 10 heteroatoms. The molecule has 0 radical (unpaired) electrons. The quantitative estimate of drug-likeness (QED) is 0.579. The van der Waals surface area contributed by atoms with Gasteiger partial charge in [0.05, 0.1) is 0 Å². The van der Waals surface area contributed by atoms with Crippen LogP contribution in [0.5, 0.6) is 0 Å². The first-order chi connectivity index (χ1) is 7.83. The van der Waals surface area contributed by atoms with Gasteiger partial charge in [0, 0.05) is 6.20 Å². The third kappa shape index (κ3) is 3.82. The van der Waals surface area contributed by atoms with Gasteiger partial charge in [-0.25, -0.2) is 8.42 Å². The van der Waals surface area contributed by atoms with Crippen molar-refractivity contribution in [1.29, 1.82) is 0 Å². The Kier molecular flexibility index (Phi) is 4.23. The van der Waals surface area contributed by atoms with Gasteiger partial charge in [-0.15, -0.1) is 0 Å². The number of aromatic nitrogens is 1. The largest absolute Gasteiger partial charge is 0.368 e. The zero-order valence-corrected chi connectivity index (χ0v) is 9.84. The lowest BCUT2D eigenvalue weighted by atomic mass is 10.5. The summed E-state index contributed by atoms with van der Waals surface area (Å²) in [6, 6.07) is 0.941. The van der Waals surface area contributed by atoms with E-state index in [0.717, 1.165) is 12.3 Å². The normalized spacial score (nSPS) is 11.4. The minimum Gasteiger partial charge on any atom is -0.368 e. The number of nitrogens with two attached hydrogens (primary N) is 1. The molecule has 1 amide bonds. The number of nitrogens with one attached hydrogen (secondary N) is 2. The molecule has 0 spiro atoms. The predicted octanol–water partition coefficient (Wildman–Crippen LogP) is -1.28. The molecule has 1 aromatic heterocycles. The maximum Gasteiger partial charge on any atom is 0.266 e. The molecule has 1 heterocycles. The Morgan fingerprint density at radius 3 is 2.76 bits per heavy atom. The SMILES string of the molecule is NC(=O)CONS(=O)(=O)c1c[nH]c(=O)c(Cl)c1. The van der Waals surface area contributed by atoms with E-state index in [1.165, 1.54) is 0 Å². The van der Waals surface area contributed by atoms with Gasteiger partial charge in [0.25, 0.3) is 15.6 Å². The van der Waals surface area contributed by atoms with Crippen LogP contribution in [0.3, 0.4) is 0 Å². The van der Waals surface area contributed by atoms with Crippen molar-refractivity contribution in [3.8, 4) is 0 Å². The third-order valence-corrected chi connectivity index (χ3v) is 3.00. The minimum absolute atomic E-state index is 0.289. The molecule has 4 N–H and O–H groups in total. The van der Waals surface area contributed by atoms with Crippen LogP contribution in [0.2, 0.25) is 5.02 Å². The van der Waals surface area contributed by atoms with Crippen molar-refractivity contribution in [2.75, 3.05) is 6.61 Å². The van der Waals surface area contributed by atoms with Gasteiger partial charge in [0.2, 0.25) is 5.91 Å². The molecule has 94 valence electrons. The first kappa shape index (κ1) is 13.6. The molecule has 0 saturated carbocycles. The highest BCUT2D eigenvalue weighted by Crippen LogP contribution is 2.09. The van der Waals surface area contributed by atoms with Crippen molar-refractivity contribution in [3.05, 3.63) is 27.6 Å². The number of hydrogen-bond donors (Lipinski definition) is 3. The number of H-pyrrole nitrogens is 1. The summed E-state index contributed by atoms with van der Waals surface area (Å²) >= 11 is 5.45. The van der Waals surface area contributed by atoms with E-state index >= 15 is 0 Å². The number of primary amides is 1. The van der Waals surface area contributed by atoms with E-state index in [9.17, 15) is 18.0 Å². The molecule has 1 aromatic rings. The fourth-order valence-corrected chi connectivity index (χ4v) is 1.85. The summed E-state index contributed by atoms with van der Waals surface area (Å²) < 4.78 is 23.0. The molecule has 0 atom stereocenters. The summed E-state index contributed by atoms with van der Waals surface area (Å²) in [5.41, 5.74) is 4.12. The highest BCUT2D eigenvalue weighted by molar-refractivity contribution is 7.89. The van der Waals surface area contributed by atoms with Crippen molar-refractivity contribution < 1.29 is 18.0 Å². The van der Waals surface area contributed by atoms with E-state index in [1.54, 1.807) is 4.89 Å². The number of sulfonamides is 1. The smallest absolute Gasteiger partial charge is 0.266 e. The van der Waals surface area contributed by atoms with Crippen molar-refractivity contribution in [2.45, 2.75) is 4.90 Å². The van der Waals surface area contributed by atoms with Crippen LogP contribution in [0.25, 0.3) is 0 Å². The Labute approximate surface area is 101 Å². The van der Waals surface area contributed by atoms with Crippen LogP contribution in [-0.2, 0) is 19.7 Å². The average Bonchev–Trinajstić information content (AvgIpc) is 2.21. The topological polar surface area (TPSA) is 131 Å². The van der Waals surface area contributed by atoms with Crippen LogP contribution < -0.4 is 16.2 Å². The summed E-state index contributed by atoms with van der Waals surface area (Å²) in [5, 5.41) is -0.289. The fourth-order valence-electron chi connectivity index (χ4n) is 0.819. The number of pyridine rings is 1. The fraction of sp³-hybridized carbons (Fsp3) is 0.143. The summed E-state index contributed by atoms with van der Waals surface area (Å²) in [6.07, 6.45) is 0.935. The number of aromatic amines is 1. The van der Waals surface area contributed by atoms with Gasteiger partial charge < -0.3 is 10.7 Å². The van der Waals surface area contributed by atoms with Crippen LogP contribution in [0, 0.1) is 0 Å². The second-order valence-electron chi connectivity index (χ2n) is 2.85. The van der Waals surface area contributed by atoms with Gasteiger partial charge in [0.1, 0.15) is 16.5 Å². The summed E-state index contributed by atoms with van der Waals surface area (Å²) in [5.74, 6) is -0.841. The number of carbonyl (C=O) groups excluding carboxylic acids is 1. The van der Waals surface area contributed by atoms with Gasteiger partial charge in [-0.05, 0) is 6.07 Å².